The van der Waals surface area contributed by atoms with Crippen molar-refractivity contribution >= 4 is 29.0 Å². The van der Waals surface area contributed by atoms with E-state index in [1.807, 2.05) is 6.92 Å². The van der Waals surface area contributed by atoms with E-state index in [1.165, 1.54) is 0 Å². The maximum atomic E-state index is 12.4. The molecular weight excluding hydrogens is 276 g/mol. The first-order chi connectivity index (χ1) is 9.54. The summed E-state index contributed by atoms with van der Waals surface area (Å²) in [5.74, 6) is 0.221. The Hall–Kier alpha value is -1.63. The van der Waals surface area contributed by atoms with E-state index in [0.717, 1.165) is 37.5 Å². The first kappa shape index (κ1) is 14.8. The molecule has 0 spiro atoms. The minimum absolute atomic E-state index is 0.109. The van der Waals surface area contributed by atoms with E-state index in [2.05, 4.69) is 16.6 Å². The number of rotatable bonds is 3. The van der Waals surface area contributed by atoms with Crippen LogP contribution >= 0.6 is 11.5 Å². The van der Waals surface area contributed by atoms with Crippen molar-refractivity contribution in [1.29, 1.82) is 0 Å². The molecule has 2 amide bonds. The number of likely N-dealkylation sites (tertiary alicyclic amines) is 1. The predicted molar refractivity (Wildman–Crippen MR) is 78.8 cm³/mol. The van der Waals surface area contributed by atoms with Gasteiger partial charge in [0.05, 0.1) is 5.69 Å². The number of amides is 2. The van der Waals surface area contributed by atoms with Gasteiger partial charge in [-0.3, -0.25) is 9.59 Å². The van der Waals surface area contributed by atoms with Gasteiger partial charge in [-0.25, -0.2) is 0 Å². The Morgan fingerprint density at radius 3 is 2.70 bits per heavy atom. The molecule has 1 aromatic rings. The van der Waals surface area contributed by atoms with E-state index in [0.29, 0.717) is 17.3 Å². The molecule has 1 fully saturated rings. The number of aromatic nitrogens is 1. The lowest BCUT2D eigenvalue weighted by Gasteiger charge is -2.29. The van der Waals surface area contributed by atoms with Gasteiger partial charge in [-0.15, -0.1) is 0 Å². The summed E-state index contributed by atoms with van der Waals surface area (Å²) in [5.41, 5.74) is 6.27. The minimum atomic E-state index is -0.326. The molecule has 1 aliphatic rings. The van der Waals surface area contributed by atoms with Crippen molar-refractivity contribution in [3.8, 4) is 0 Å². The second kappa shape index (κ2) is 6.21. The summed E-state index contributed by atoms with van der Waals surface area (Å²) < 4.78 is 4.02. The molecule has 0 aromatic carbocycles. The van der Waals surface area contributed by atoms with Crippen LogP contribution in [0.25, 0.3) is 0 Å². The van der Waals surface area contributed by atoms with E-state index in [-0.39, 0.29) is 23.2 Å². The summed E-state index contributed by atoms with van der Waals surface area (Å²) in [4.78, 5) is 26.3. The molecule has 1 saturated heterocycles. The molecule has 1 aromatic heterocycles. The van der Waals surface area contributed by atoms with Gasteiger partial charge in [0.25, 0.3) is 11.8 Å². The fourth-order valence-electron chi connectivity index (χ4n) is 2.21. The number of piperidine rings is 1. The van der Waals surface area contributed by atoms with E-state index in [4.69, 9.17) is 5.73 Å². The molecule has 0 bridgehead atoms. The van der Waals surface area contributed by atoms with Crippen LogP contribution in [-0.4, -0.2) is 40.7 Å². The SMILES string of the molecule is CCNC(=O)c1nsc(C(=O)N2CCC(C)CC2)c1N. The topological polar surface area (TPSA) is 88.3 Å². The first-order valence-electron chi connectivity index (χ1n) is 6.87. The van der Waals surface area contributed by atoms with E-state index >= 15 is 0 Å². The average Bonchev–Trinajstić information content (AvgIpc) is 2.81. The second-order valence-electron chi connectivity index (χ2n) is 5.11. The van der Waals surface area contributed by atoms with Crippen LogP contribution in [0.1, 0.15) is 46.8 Å². The van der Waals surface area contributed by atoms with Crippen molar-refractivity contribution in [2.45, 2.75) is 26.7 Å². The quantitative estimate of drug-likeness (QED) is 0.881. The average molecular weight is 296 g/mol. The molecule has 20 heavy (non-hydrogen) atoms. The first-order valence-corrected chi connectivity index (χ1v) is 7.64. The minimum Gasteiger partial charge on any atom is -0.395 e. The molecule has 0 saturated carbocycles. The highest BCUT2D eigenvalue weighted by molar-refractivity contribution is 7.09. The van der Waals surface area contributed by atoms with Gasteiger partial charge >= 0.3 is 0 Å². The van der Waals surface area contributed by atoms with Crippen molar-refractivity contribution in [3.05, 3.63) is 10.6 Å². The lowest BCUT2D eigenvalue weighted by molar-refractivity contribution is 0.0703. The third kappa shape index (κ3) is 2.92. The maximum Gasteiger partial charge on any atom is 0.273 e. The number of hydrogen-bond donors (Lipinski definition) is 2. The highest BCUT2D eigenvalue weighted by Crippen LogP contribution is 2.25. The zero-order valence-electron chi connectivity index (χ0n) is 11.8. The number of nitrogen functional groups attached to an aromatic ring is 1. The number of anilines is 1. The molecule has 3 N–H and O–H groups in total. The van der Waals surface area contributed by atoms with Crippen molar-refractivity contribution in [3.63, 3.8) is 0 Å². The fraction of sp³-hybridized carbons (Fsp3) is 0.615. The number of nitrogens with zero attached hydrogens (tertiary/aromatic N) is 2. The van der Waals surface area contributed by atoms with Gasteiger partial charge in [0.15, 0.2) is 5.69 Å². The molecule has 6 nitrogen and oxygen atoms in total. The second-order valence-corrected chi connectivity index (χ2v) is 5.88. The molecule has 0 unspecified atom stereocenters. The summed E-state index contributed by atoms with van der Waals surface area (Å²) in [6.07, 6.45) is 2.02. The number of hydrogen-bond acceptors (Lipinski definition) is 5. The summed E-state index contributed by atoms with van der Waals surface area (Å²) >= 11 is 1.01. The van der Waals surface area contributed by atoms with Crippen molar-refractivity contribution in [2.75, 3.05) is 25.4 Å². The predicted octanol–water partition coefficient (Wildman–Crippen LogP) is 1.35. The molecular formula is C13H20N4O2S. The standard InChI is InChI=1S/C13H20N4O2S/c1-3-15-12(18)10-9(14)11(20-16-10)13(19)17-6-4-8(2)5-7-17/h8H,3-7,14H2,1-2H3,(H,15,18). The van der Waals surface area contributed by atoms with Gasteiger partial charge in [0.2, 0.25) is 0 Å². The summed E-state index contributed by atoms with van der Waals surface area (Å²) in [7, 11) is 0. The fourth-order valence-corrected chi connectivity index (χ4v) is 2.98. The monoisotopic (exact) mass is 296 g/mol. The highest BCUT2D eigenvalue weighted by atomic mass is 32.1. The van der Waals surface area contributed by atoms with Gasteiger partial charge < -0.3 is 16.0 Å². The molecule has 0 radical (unpaired) electrons. The zero-order valence-corrected chi connectivity index (χ0v) is 12.6. The lowest BCUT2D eigenvalue weighted by Crippen LogP contribution is -2.37. The summed E-state index contributed by atoms with van der Waals surface area (Å²) in [6, 6.07) is 0. The Bertz CT molecular complexity index is 506. The Labute approximate surface area is 122 Å². The van der Waals surface area contributed by atoms with Crippen molar-refractivity contribution in [1.82, 2.24) is 14.6 Å². The smallest absolute Gasteiger partial charge is 0.273 e. The van der Waals surface area contributed by atoms with Gasteiger partial charge in [-0.1, -0.05) is 6.92 Å². The Morgan fingerprint density at radius 2 is 2.10 bits per heavy atom. The van der Waals surface area contributed by atoms with Crippen LogP contribution in [0.3, 0.4) is 0 Å². The van der Waals surface area contributed by atoms with Crippen LogP contribution in [0.2, 0.25) is 0 Å². The Balaban J connectivity index is 2.13. The number of carbonyl (C=O) groups is 2. The van der Waals surface area contributed by atoms with Gasteiger partial charge in [0, 0.05) is 19.6 Å². The third-order valence-electron chi connectivity index (χ3n) is 3.55. The van der Waals surface area contributed by atoms with Crippen LogP contribution in [0.15, 0.2) is 0 Å². The lowest BCUT2D eigenvalue weighted by atomic mass is 9.99. The van der Waals surface area contributed by atoms with E-state index in [1.54, 1.807) is 4.90 Å². The molecule has 2 heterocycles. The highest BCUT2D eigenvalue weighted by Gasteiger charge is 2.27. The molecule has 0 atom stereocenters. The number of carbonyl (C=O) groups excluding carboxylic acids is 2. The maximum absolute atomic E-state index is 12.4. The zero-order chi connectivity index (χ0) is 14.7. The van der Waals surface area contributed by atoms with Crippen molar-refractivity contribution < 1.29 is 9.59 Å². The van der Waals surface area contributed by atoms with Crippen LogP contribution in [0.5, 0.6) is 0 Å². The van der Waals surface area contributed by atoms with E-state index in [9.17, 15) is 9.59 Å². The van der Waals surface area contributed by atoms with Gasteiger partial charge in [-0.2, -0.15) is 4.37 Å². The van der Waals surface area contributed by atoms with Gasteiger partial charge in [-0.05, 0) is 37.2 Å². The van der Waals surface area contributed by atoms with E-state index < -0.39 is 0 Å². The molecule has 0 aliphatic carbocycles. The third-order valence-corrected chi connectivity index (χ3v) is 4.40. The summed E-state index contributed by atoms with van der Waals surface area (Å²) in [5, 5.41) is 2.64. The van der Waals surface area contributed by atoms with Crippen LogP contribution < -0.4 is 11.1 Å². The number of nitrogens with one attached hydrogen (secondary N) is 1. The Morgan fingerprint density at radius 1 is 1.45 bits per heavy atom. The molecule has 110 valence electrons. The van der Waals surface area contributed by atoms with Crippen LogP contribution in [-0.2, 0) is 0 Å². The van der Waals surface area contributed by atoms with Gasteiger partial charge in [0.1, 0.15) is 4.88 Å². The molecule has 1 aliphatic heterocycles. The number of nitrogens with two attached hydrogens (primary N) is 1. The molecule has 2 rings (SSSR count). The largest absolute Gasteiger partial charge is 0.395 e. The van der Waals surface area contributed by atoms with Crippen LogP contribution in [0.4, 0.5) is 5.69 Å². The Kier molecular flexibility index (Phi) is 4.59. The van der Waals surface area contributed by atoms with Crippen LogP contribution in [0, 0.1) is 5.92 Å². The normalized spacial score (nSPS) is 16.2. The summed E-state index contributed by atoms with van der Waals surface area (Å²) in [6.45, 7) is 6.00. The molecule has 7 heteroatoms. The van der Waals surface area contributed by atoms with Crippen molar-refractivity contribution in [2.24, 2.45) is 5.92 Å².